The molecule has 3 unspecified atom stereocenters. The predicted molar refractivity (Wildman–Crippen MR) is 102 cm³/mol. The summed E-state index contributed by atoms with van der Waals surface area (Å²) in [5.41, 5.74) is 4.93. The number of rotatable bonds is 4. The van der Waals surface area contributed by atoms with Gasteiger partial charge in [-0.15, -0.1) is 0 Å². The van der Waals surface area contributed by atoms with E-state index >= 15 is 0 Å². The summed E-state index contributed by atoms with van der Waals surface area (Å²) < 4.78 is 0. The van der Waals surface area contributed by atoms with Crippen LogP contribution in [0.2, 0.25) is 0 Å². The maximum atomic E-state index is 3.88. The lowest BCUT2D eigenvalue weighted by molar-refractivity contribution is 0.120. The maximum absolute atomic E-state index is 3.88. The van der Waals surface area contributed by atoms with Crippen LogP contribution in [0.5, 0.6) is 0 Å². The molecular weight excluding hydrogens is 290 g/mol. The zero-order valence-electron chi connectivity index (χ0n) is 15.2. The SMILES string of the molecule is CC1(C)C2CCC1(C)C(NCc1ccc(-c3ccccc3)cc1)C2. The fourth-order valence-corrected chi connectivity index (χ4v) is 5.20. The number of hydrogen-bond donors (Lipinski definition) is 1. The van der Waals surface area contributed by atoms with Crippen molar-refractivity contribution >= 4 is 0 Å². The Labute approximate surface area is 146 Å². The monoisotopic (exact) mass is 319 g/mol. The van der Waals surface area contributed by atoms with E-state index in [1.54, 1.807) is 0 Å². The standard InChI is InChI=1S/C23H29N/c1-22(2)20-13-14-23(22,3)21(15-20)24-16-17-9-11-19(12-10-17)18-7-5-4-6-8-18/h4-12,20-21,24H,13-16H2,1-3H3. The number of fused-ring (bicyclic) bond motifs is 2. The number of benzene rings is 2. The van der Waals surface area contributed by atoms with Crippen molar-refractivity contribution in [3.05, 3.63) is 60.2 Å². The summed E-state index contributed by atoms with van der Waals surface area (Å²) in [5.74, 6) is 0.903. The lowest BCUT2D eigenvalue weighted by Crippen LogP contribution is -2.44. The molecule has 2 aliphatic rings. The minimum atomic E-state index is 0.460. The smallest absolute Gasteiger partial charge is 0.0208 e. The molecule has 0 heterocycles. The van der Waals surface area contributed by atoms with Crippen molar-refractivity contribution in [1.82, 2.24) is 5.32 Å². The highest BCUT2D eigenvalue weighted by atomic mass is 15.0. The molecule has 2 aliphatic carbocycles. The van der Waals surface area contributed by atoms with Gasteiger partial charge >= 0.3 is 0 Å². The third-order valence-electron chi connectivity index (χ3n) is 7.41. The van der Waals surface area contributed by atoms with Gasteiger partial charge in [0.05, 0.1) is 0 Å². The fourth-order valence-electron chi connectivity index (χ4n) is 5.20. The Morgan fingerprint density at radius 2 is 1.58 bits per heavy atom. The molecule has 0 aromatic heterocycles. The van der Waals surface area contributed by atoms with Crippen molar-refractivity contribution in [2.24, 2.45) is 16.7 Å². The second-order valence-electron chi connectivity index (χ2n) is 8.61. The van der Waals surface area contributed by atoms with Crippen LogP contribution in [0.15, 0.2) is 54.6 Å². The minimum absolute atomic E-state index is 0.460. The van der Waals surface area contributed by atoms with Gasteiger partial charge in [0, 0.05) is 12.6 Å². The molecule has 0 amide bonds. The molecule has 0 spiro atoms. The molecule has 2 fully saturated rings. The van der Waals surface area contributed by atoms with Crippen LogP contribution < -0.4 is 5.32 Å². The summed E-state index contributed by atoms with van der Waals surface area (Å²) in [6.07, 6.45) is 4.16. The third-order valence-corrected chi connectivity index (χ3v) is 7.41. The van der Waals surface area contributed by atoms with E-state index in [-0.39, 0.29) is 0 Å². The zero-order valence-corrected chi connectivity index (χ0v) is 15.2. The largest absolute Gasteiger partial charge is 0.309 e. The fraction of sp³-hybridized carbons (Fsp3) is 0.478. The first-order chi connectivity index (χ1) is 11.5. The Hall–Kier alpha value is -1.60. The molecule has 2 saturated carbocycles. The lowest BCUT2D eigenvalue weighted by Gasteiger charge is -2.39. The third kappa shape index (κ3) is 2.41. The predicted octanol–water partition coefficient (Wildman–Crippen LogP) is 5.66. The van der Waals surface area contributed by atoms with Gasteiger partial charge in [-0.05, 0) is 52.7 Å². The van der Waals surface area contributed by atoms with Gasteiger partial charge < -0.3 is 5.32 Å². The summed E-state index contributed by atoms with van der Waals surface area (Å²) in [6.45, 7) is 8.47. The summed E-state index contributed by atoms with van der Waals surface area (Å²) in [6, 6.07) is 20.3. The Balaban J connectivity index is 1.42. The van der Waals surface area contributed by atoms with Gasteiger partial charge in [-0.3, -0.25) is 0 Å². The van der Waals surface area contributed by atoms with Crippen LogP contribution in [0.3, 0.4) is 0 Å². The van der Waals surface area contributed by atoms with Crippen molar-refractivity contribution in [2.45, 2.75) is 52.6 Å². The van der Waals surface area contributed by atoms with Gasteiger partial charge in [0.25, 0.3) is 0 Å². The first-order valence-electron chi connectivity index (χ1n) is 9.38. The summed E-state index contributed by atoms with van der Waals surface area (Å²) >= 11 is 0. The number of hydrogen-bond acceptors (Lipinski definition) is 1. The van der Waals surface area contributed by atoms with Crippen LogP contribution in [0.4, 0.5) is 0 Å². The van der Waals surface area contributed by atoms with Crippen LogP contribution in [0.1, 0.15) is 45.6 Å². The second kappa shape index (κ2) is 5.74. The van der Waals surface area contributed by atoms with E-state index in [9.17, 15) is 0 Å². The molecule has 126 valence electrons. The van der Waals surface area contributed by atoms with Crippen molar-refractivity contribution < 1.29 is 0 Å². The van der Waals surface area contributed by atoms with Gasteiger partial charge in [0.2, 0.25) is 0 Å². The Morgan fingerprint density at radius 3 is 2.17 bits per heavy atom. The van der Waals surface area contributed by atoms with Crippen molar-refractivity contribution in [3.63, 3.8) is 0 Å². The van der Waals surface area contributed by atoms with Gasteiger partial charge in [0.15, 0.2) is 0 Å². The van der Waals surface area contributed by atoms with Crippen LogP contribution in [0.25, 0.3) is 11.1 Å². The summed E-state index contributed by atoms with van der Waals surface area (Å²) in [4.78, 5) is 0. The van der Waals surface area contributed by atoms with Gasteiger partial charge in [0.1, 0.15) is 0 Å². The topological polar surface area (TPSA) is 12.0 Å². The van der Waals surface area contributed by atoms with Crippen molar-refractivity contribution in [3.8, 4) is 11.1 Å². The Morgan fingerprint density at radius 1 is 0.917 bits per heavy atom. The summed E-state index contributed by atoms with van der Waals surface area (Å²) in [7, 11) is 0. The van der Waals surface area contributed by atoms with Crippen molar-refractivity contribution in [1.29, 1.82) is 0 Å². The van der Waals surface area contributed by atoms with Crippen LogP contribution in [-0.4, -0.2) is 6.04 Å². The molecule has 2 aromatic carbocycles. The van der Waals surface area contributed by atoms with Gasteiger partial charge in [-0.1, -0.05) is 75.4 Å². The zero-order chi connectivity index (χ0) is 16.8. The van der Waals surface area contributed by atoms with E-state index in [0.29, 0.717) is 16.9 Å². The molecule has 1 N–H and O–H groups in total. The van der Waals surface area contributed by atoms with E-state index in [1.165, 1.54) is 36.0 Å². The normalized spacial score (nSPS) is 30.6. The maximum Gasteiger partial charge on any atom is 0.0208 e. The van der Waals surface area contributed by atoms with Gasteiger partial charge in [-0.2, -0.15) is 0 Å². The molecule has 4 rings (SSSR count). The van der Waals surface area contributed by atoms with Crippen LogP contribution >= 0.6 is 0 Å². The van der Waals surface area contributed by atoms with E-state index in [1.807, 2.05) is 0 Å². The first-order valence-corrected chi connectivity index (χ1v) is 9.38. The molecule has 0 radical (unpaired) electrons. The van der Waals surface area contributed by atoms with E-state index < -0.39 is 0 Å². The van der Waals surface area contributed by atoms with Crippen molar-refractivity contribution in [2.75, 3.05) is 0 Å². The van der Waals surface area contributed by atoms with E-state index in [2.05, 4.69) is 80.7 Å². The molecule has 0 aliphatic heterocycles. The quantitative estimate of drug-likeness (QED) is 0.767. The molecule has 0 saturated heterocycles. The lowest BCUT2D eigenvalue weighted by atomic mass is 9.69. The second-order valence-corrected chi connectivity index (χ2v) is 8.61. The Bertz CT molecular complexity index is 701. The number of nitrogens with one attached hydrogen (secondary N) is 1. The van der Waals surface area contributed by atoms with Crippen LogP contribution in [-0.2, 0) is 6.54 Å². The molecule has 1 heteroatoms. The summed E-state index contributed by atoms with van der Waals surface area (Å²) in [5, 5.41) is 3.88. The first kappa shape index (κ1) is 15.9. The average Bonchev–Trinajstić information content (AvgIpc) is 2.94. The van der Waals surface area contributed by atoms with Gasteiger partial charge in [-0.25, -0.2) is 0 Å². The average molecular weight is 319 g/mol. The Kier molecular flexibility index (Phi) is 3.80. The molecule has 1 nitrogen and oxygen atoms in total. The highest BCUT2D eigenvalue weighted by Crippen LogP contribution is 2.65. The van der Waals surface area contributed by atoms with Crippen LogP contribution in [0, 0.1) is 16.7 Å². The van der Waals surface area contributed by atoms with E-state index in [4.69, 9.17) is 0 Å². The highest BCUT2D eigenvalue weighted by Gasteiger charge is 2.60. The minimum Gasteiger partial charge on any atom is -0.309 e. The molecular formula is C23H29N. The molecule has 2 bridgehead atoms. The molecule has 3 atom stereocenters. The molecule has 2 aromatic rings. The highest BCUT2D eigenvalue weighted by molar-refractivity contribution is 5.63. The van der Waals surface area contributed by atoms with E-state index in [0.717, 1.165) is 12.5 Å². The molecule has 24 heavy (non-hydrogen) atoms.